The van der Waals surface area contributed by atoms with Gasteiger partial charge in [-0.2, -0.15) is 0 Å². The van der Waals surface area contributed by atoms with E-state index in [1.54, 1.807) is 22.3 Å². The maximum absolute atomic E-state index is 12.5. The fraction of sp³-hybridized carbons (Fsp3) is 0.125. The van der Waals surface area contributed by atoms with Crippen LogP contribution in [-0.2, 0) is 4.79 Å². The fourth-order valence-electron chi connectivity index (χ4n) is 2.04. The molecular formula is C16H12BrClN2OS2. The maximum atomic E-state index is 12.5. The first-order chi connectivity index (χ1) is 11.1. The van der Waals surface area contributed by atoms with Crippen LogP contribution < -0.4 is 0 Å². The van der Waals surface area contributed by atoms with Crippen LogP contribution in [-0.4, -0.2) is 22.5 Å². The van der Waals surface area contributed by atoms with Crippen LogP contribution in [0, 0.1) is 0 Å². The Labute approximate surface area is 156 Å². The number of amides is 1. The van der Waals surface area contributed by atoms with Gasteiger partial charge in [-0.3, -0.25) is 9.69 Å². The standard InChI is InChI=1S/C16H12BrClN2OS2/c1-2-20-15(21)14(9-11-4-3-7-22-11)23-16(20)19-10-5-6-12(17)13(18)8-10/h3-9H,2H2,1H3/b14-9-,19-16?. The molecule has 0 N–H and O–H groups in total. The van der Waals surface area contributed by atoms with Gasteiger partial charge < -0.3 is 0 Å². The third-order valence-electron chi connectivity index (χ3n) is 3.15. The molecule has 1 aromatic heterocycles. The van der Waals surface area contributed by atoms with Crippen molar-refractivity contribution in [3.8, 4) is 0 Å². The summed E-state index contributed by atoms with van der Waals surface area (Å²) in [5.74, 6) is -0.00661. The quantitative estimate of drug-likeness (QED) is 0.581. The number of aliphatic imine (C=N–C) groups is 1. The van der Waals surface area contributed by atoms with E-state index in [4.69, 9.17) is 11.6 Å². The summed E-state index contributed by atoms with van der Waals surface area (Å²) in [5, 5.41) is 3.27. The molecule has 1 saturated heterocycles. The average Bonchev–Trinajstić information content (AvgIpc) is 3.13. The number of hydrogen-bond acceptors (Lipinski definition) is 4. The van der Waals surface area contributed by atoms with E-state index in [-0.39, 0.29) is 5.91 Å². The number of nitrogens with zero attached hydrogens (tertiary/aromatic N) is 2. The summed E-state index contributed by atoms with van der Waals surface area (Å²) in [4.78, 5) is 20.5. The highest BCUT2D eigenvalue weighted by Crippen LogP contribution is 2.35. The molecule has 7 heteroatoms. The molecule has 23 heavy (non-hydrogen) atoms. The van der Waals surface area contributed by atoms with E-state index < -0.39 is 0 Å². The highest BCUT2D eigenvalue weighted by atomic mass is 79.9. The maximum Gasteiger partial charge on any atom is 0.266 e. The topological polar surface area (TPSA) is 32.7 Å². The Morgan fingerprint density at radius 3 is 2.87 bits per heavy atom. The van der Waals surface area contributed by atoms with Gasteiger partial charge in [0.2, 0.25) is 0 Å². The number of halogens is 2. The van der Waals surface area contributed by atoms with E-state index in [1.807, 2.05) is 42.6 Å². The zero-order valence-corrected chi connectivity index (χ0v) is 16.1. The Morgan fingerprint density at radius 2 is 2.22 bits per heavy atom. The van der Waals surface area contributed by atoms with Gasteiger partial charge in [0.05, 0.1) is 15.6 Å². The largest absolute Gasteiger partial charge is 0.287 e. The number of carbonyl (C=O) groups is 1. The van der Waals surface area contributed by atoms with Crippen LogP contribution in [0.2, 0.25) is 5.02 Å². The van der Waals surface area contributed by atoms with Crippen LogP contribution in [0.15, 0.2) is 50.1 Å². The molecular weight excluding hydrogens is 416 g/mol. The molecule has 2 aromatic rings. The first-order valence-electron chi connectivity index (χ1n) is 6.87. The van der Waals surface area contributed by atoms with Gasteiger partial charge in [0.1, 0.15) is 0 Å². The van der Waals surface area contributed by atoms with Crippen molar-refractivity contribution in [1.82, 2.24) is 4.90 Å². The molecule has 3 rings (SSSR count). The summed E-state index contributed by atoms with van der Waals surface area (Å²) in [6.07, 6.45) is 1.91. The van der Waals surface area contributed by atoms with Gasteiger partial charge in [-0.25, -0.2) is 4.99 Å². The highest BCUT2D eigenvalue weighted by molar-refractivity contribution is 9.10. The predicted octanol–water partition coefficient (Wildman–Crippen LogP) is 5.79. The molecule has 1 aromatic carbocycles. The smallest absolute Gasteiger partial charge is 0.266 e. The molecule has 0 atom stereocenters. The minimum atomic E-state index is -0.00661. The number of likely N-dealkylation sites (N-methyl/N-ethyl adjacent to an activating group) is 1. The molecule has 0 spiro atoms. The normalized spacial score (nSPS) is 18.4. The van der Waals surface area contributed by atoms with E-state index in [0.717, 1.165) is 15.0 Å². The third kappa shape index (κ3) is 3.71. The summed E-state index contributed by atoms with van der Waals surface area (Å²) in [6, 6.07) is 9.45. The molecule has 1 fully saturated rings. The van der Waals surface area contributed by atoms with Gasteiger partial charge in [-0.05, 0) is 70.3 Å². The number of thiophene rings is 1. The number of rotatable bonds is 3. The number of benzene rings is 1. The average molecular weight is 428 g/mol. The lowest BCUT2D eigenvalue weighted by molar-refractivity contribution is -0.122. The minimum absolute atomic E-state index is 0.00661. The highest BCUT2D eigenvalue weighted by Gasteiger charge is 2.32. The van der Waals surface area contributed by atoms with Crippen LogP contribution in [0.25, 0.3) is 6.08 Å². The fourth-order valence-corrected chi connectivity index (χ4v) is 4.24. The van der Waals surface area contributed by atoms with Crippen molar-refractivity contribution in [3.63, 3.8) is 0 Å². The Hall–Kier alpha value is -1.08. The van der Waals surface area contributed by atoms with Crippen molar-refractivity contribution in [2.75, 3.05) is 6.54 Å². The zero-order chi connectivity index (χ0) is 16.4. The van der Waals surface area contributed by atoms with E-state index in [1.165, 1.54) is 11.8 Å². The lowest BCUT2D eigenvalue weighted by atomic mass is 10.3. The molecule has 118 valence electrons. The van der Waals surface area contributed by atoms with Crippen molar-refractivity contribution in [3.05, 3.63) is 55.0 Å². The Bertz CT molecular complexity index is 802. The molecule has 1 amide bonds. The summed E-state index contributed by atoms with van der Waals surface area (Å²) < 4.78 is 0.823. The first-order valence-corrected chi connectivity index (χ1v) is 9.74. The Balaban J connectivity index is 1.94. The van der Waals surface area contributed by atoms with Crippen molar-refractivity contribution >= 4 is 73.5 Å². The van der Waals surface area contributed by atoms with Crippen LogP contribution in [0.1, 0.15) is 11.8 Å². The van der Waals surface area contributed by atoms with Crippen molar-refractivity contribution < 1.29 is 4.79 Å². The Morgan fingerprint density at radius 1 is 1.39 bits per heavy atom. The molecule has 0 aliphatic carbocycles. The van der Waals surface area contributed by atoms with Gasteiger partial charge in [-0.1, -0.05) is 17.7 Å². The van der Waals surface area contributed by atoms with Gasteiger partial charge in [0.25, 0.3) is 5.91 Å². The number of amidine groups is 1. The van der Waals surface area contributed by atoms with Crippen LogP contribution in [0.3, 0.4) is 0 Å². The molecule has 0 radical (unpaired) electrons. The molecule has 2 heterocycles. The molecule has 0 saturated carbocycles. The SMILES string of the molecule is CCN1C(=O)/C(=C/c2cccs2)SC1=Nc1ccc(Br)c(Cl)c1. The summed E-state index contributed by atoms with van der Waals surface area (Å²) in [5.41, 5.74) is 0.726. The Kier molecular flexibility index (Phi) is 5.26. The van der Waals surface area contributed by atoms with Gasteiger partial charge >= 0.3 is 0 Å². The summed E-state index contributed by atoms with van der Waals surface area (Å²) in [7, 11) is 0. The van der Waals surface area contributed by atoms with E-state index in [2.05, 4.69) is 20.9 Å². The lowest BCUT2D eigenvalue weighted by Gasteiger charge is -2.12. The van der Waals surface area contributed by atoms with Gasteiger partial charge in [-0.15, -0.1) is 11.3 Å². The van der Waals surface area contributed by atoms with Gasteiger partial charge in [0, 0.05) is 15.9 Å². The van der Waals surface area contributed by atoms with Crippen molar-refractivity contribution in [1.29, 1.82) is 0 Å². The van der Waals surface area contributed by atoms with Crippen LogP contribution in [0.5, 0.6) is 0 Å². The van der Waals surface area contributed by atoms with Crippen molar-refractivity contribution in [2.24, 2.45) is 4.99 Å². The van der Waals surface area contributed by atoms with Crippen LogP contribution >= 0.6 is 50.6 Å². The lowest BCUT2D eigenvalue weighted by Crippen LogP contribution is -2.28. The van der Waals surface area contributed by atoms with Crippen LogP contribution in [0.4, 0.5) is 5.69 Å². The molecule has 1 aliphatic heterocycles. The monoisotopic (exact) mass is 426 g/mol. The predicted molar refractivity (Wildman–Crippen MR) is 104 cm³/mol. The molecule has 0 unspecified atom stereocenters. The number of hydrogen-bond donors (Lipinski definition) is 0. The number of thioether (sulfide) groups is 1. The second kappa shape index (κ2) is 7.21. The van der Waals surface area contributed by atoms with E-state index >= 15 is 0 Å². The summed E-state index contributed by atoms with van der Waals surface area (Å²) >= 11 is 12.5. The molecule has 0 bridgehead atoms. The second-order valence-electron chi connectivity index (χ2n) is 4.67. The van der Waals surface area contributed by atoms with E-state index in [9.17, 15) is 4.79 Å². The number of carbonyl (C=O) groups excluding carboxylic acids is 1. The zero-order valence-electron chi connectivity index (χ0n) is 12.1. The second-order valence-corrected chi connectivity index (χ2v) is 7.92. The third-order valence-corrected chi connectivity index (χ3v) is 6.21. The molecule has 1 aliphatic rings. The van der Waals surface area contributed by atoms with Gasteiger partial charge in [0.15, 0.2) is 5.17 Å². The van der Waals surface area contributed by atoms with Crippen molar-refractivity contribution in [2.45, 2.75) is 6.92 Å². The summed E-state index contributed by atoms with van der Waals surface area (Å²) in [6.45, 7) is 2.52. The van der Waals surface area contributed by atoms with E-state index in [0.29, 0.717) is 21.6 Å². The first kappa shape index (κ1) is 16.8. The molecule has 3 nitrogen and oxygen atoms in total. The minimum Gasteiger partial charge on any atom is -0.287 e.